The van der Waals surface area contributed by atoms with Gasteiger partial charge in [0.1, 0.15) is 5.82 Å². The van der Waals surface area contributed by atoms with Gasteiger partial charge in [0.2, 0.25) is 0 Å². The number of hydrogen-bond acceptors (Lipinski definition) is 2. The van der Waals surface area contributed by atoms with E-state index in [4.69, 9.17) is 4.74 Å². The third-order valence-corrected chi connectivity index (χ3v) is 4.28. The zero-order valence-corrected chi connectivity index (χ0v) is 11.4. The lowest BCUT2D eigenvalue weighted by Crippen LogP contribution is -2.41. The molecule has 1 N–H and O–H groups in total. The van der Waals surface area contributed by atoms with Crippen molar-refractivity contribution in [3.8, 4) is 0 Å². The molecule has 21 heavy (non-hydrogen) atoms. The van der Waals surface area contributed by atoms with E-state index in [2.05, 4.69) is 5.32 Å². The summed E-state index contributed by atoms with van der Waals surface area (Å²) in [5.41, 5.74) is -0.794. The molecule has 0 saturated carbocycles. The predicted molar refractivity (Wildman–Crippen MR) is 69.2 cm³/mol. The second-order valence-corrected chi connectivity index (χ2v) is 5.85. The highest BCUT2D eigenvalue weighted by molar-refractivity contribution is 5.26. The van der Waals surface area contributed by atoms with E-state index in [0.717, 1.165) is 37.8 Å². The maximum Gasteiger partial charge on any atom is 0.416 e. The highest BCUT2D eigenvalue weighted by atomic mass is 19.4. The second-order valence-electron chi connectivity index (χ2n) is 5.85. The summed E-state index contributed by atoms with van der Waals surface area (Å²) < 4.78 is 56.8. The molecule has 2 nitrogen and oxygen atoms in total. The molecule has 6 heteroatoms. The van der Waals surface area contributed by atoms with E-state index in [9.17, 15) is 17.6 Å². The smallest absolute Gasteiger partial charge is 0.373 e. The Morgan fingerprint density at radius 3 is 2.38 bits per heavy atom. The summed E-state index contributed by atoms with van der Waals surface area (Å²) in [6, 6.07) is 3.52. The van der Waals surface area contributed by atoms with Gasteiger partial charge in [-0.3, -0.25) is 0 Å². The van der Waals surface area contributed by atoms with E-state index in [0.29, 0.717) is 18.2 Å². The summed E-state index contributed by atoms with van der Waals surface area (Å²) in [5, 5.41) is 3.47. The lowest BCUT2D eigenvalue weighted by molar-refractivity contribution is -0.137. The first kappa shape index (κ1) is 14.8. The molecule has 0 spiro atoms. The molecule has 0 amide bonds. The van der Waals surface area contributed by atoms with E-state index in [1.807, 2.05) is 0 Å². The minimum Gasteiger partial charge on any atom is -0.373 e. The minimum absolute atomic E-state index is 0.0219. The van der Waals surface area contributed by atoms with Crippen LogP contribution in [0.2, 0.25) is 0 Å². The van der Waals surface area contributed by atoms with Crippen LogP contribution in [0.1, 0.15) is 36.8 Å². The molecule has 2 saturated heterocycles. The van der Waals surface area contributed by atoms with Gasteiger partial charge >= 0.3 is 6.18 Å². The van der Waals surface area contributed by atoms with Gasteiger partial charge < -0.3 is 10.1 Å². The summed E-state index contributed by atoms with van der Waals surface area (Å²) >= 11 is 0. The van der Waals surface area contributed by atoms with Gasteiger partial charge in [-0.25, -0.2) is 4.39 Å². The van der Waals surface area contributed by atoms with Crippen LogP contribution in [-0.4, -0.2) is 18.2 Å². The molecule has 116 valence electrons. The first-order valence-electron chi connectivity index (χ1n) is 7.15. The quantitative estimate of drug-likeness (QED) is 0.861. The lowest BCUT2D eigenvalue weighted by atomic mass is 10.0. The molecule has 2 fully saturated rings. The summed E-state index contributed by atoms with van der Waals surface area (Å²) in [6.07, 6.45) is -0.407. The number of rotatable bonds is 3. The Morgan fingerprint density at radius 2 is 1.81 bits per heavy atom. The maximum atomic E-state index is 13.7. The maximum absolute atomic E-state index is 13.7. The van der Waals surface area contributed by atoms with Gasteiger partial charge in [0, 0.05) is 17.6 Å². The lowest BCUT2D eigenvalue weighted by Gasteiger charge is -2.29. The van der Waals surface area contributed by atoms with Crippen molar-refractivity contribution < 1.29 is 22.3 Å². The zero-order valence-electron chi connectivity index (χ0n) is 11.4. The fraction of sp³-hybridized carbons (Fsp3) is 0.600. The average Bonchev–Trinajstić information content (AvgIpc) is 2.75. The zero-order chi connectivity index (χ0) is 15.0. The van der Waals surface area contributed by atoms with E-state index < -0.39 is 17.6 Å². The second kappa shape index (κ2) is 5.57. The third kappa shape index (κ3) is 3.37. The summed E-state index contributed by atoms with van der Waals surface area (Å²) in [7, 11) is 0. The van der Waals surface area contributed by atoms with E-state index in [1.54, 1.807) is 0 Å². The van der Waals surface area contributed by atoms with Crippen molar-refractivity contribution >= 4 is 0 Å². The minimum atomic E-state index is -4.52. The third-order valence-electron chi connectivity index (χ3n) is 4.28. The van der Waals surface area contributed by atoms with Gasteiger partial charge in [-0.1, -0.05) is 6.07 Å². The normalized spacial score (nSPS) is 28.9. The standard InChI is InChI=1S/C15H17F4NO/c16-14-5-10(15(17,18)19)2-1-9(14)8-21-13-6-11-3-4-12(7-13)20-11/h1-2,5,11-13,20H,3-4,6-8H2/t11-,12+,13?. The molecule has 2 bridgehead atoms. The van der Waals surface area contributed by atoms with Crippen LogP contribution in [0.3, 0.4) is 0 Å². The Kier molecular flexibility index (Phi) is 3.92. The van der Waals surface area contributed by atoms with Crippen LogP contribution in [0.25, 0.3) is 0 Å². The number of benzene rings is 1. The number of halogens is 4. The van der Waals surface area contributed by atoms with Crippen LogP contribution >= 0.6 is 0 Å². The first-order chi connectivity index (χ1) is 9.91. The molecule has 3 rings (SSSR count). The summed E-state index contributed by atoms with van der Waals surface area (Å²) in [6.45, 7) is 0.0219. The number of hydrogen-bond donors (Lipinski definition) is 1. The molecule has 0 aromatic heterocycles. The molecule has 0 aliphatic carbocycles. The molecule has 1 aromatic carbocycles. The van der Waals surface area contributed by atoms with E-state index >= 15 is 0 Å². The first-order valence-corrected chi connectivity index (χ1v) is 7.15. The number of fused-ring (bicyclic) bond motifs is 2. The Bertz CT molecular complexity index is 505. The van der Waals surface area contributed by atoms with E-state index in [1.165, 1.54) is 0 Å². The van der Waals surface area contributed by atoms with Gasteiger partial charge in [-0.2, -0.15) is 13.2 Å². The monoisotopic (exact) mass is 303 g/mol. The van der Waals surface area contributed by atoms with Crippen molar-refractivity contribution in [2.45, 2.75) is 56.7 Å². The Balaban J connectivity index is 1.60. The fourth-order valence-electron chi connectivity index (χ4n) is 3.19. The van der Waals surface area contributed by atoms with Crippen LogP contribution < -0.4 is 5.32 Å². The molecule has 1 unspecified atom stereocenters. The largest absolute Gasteiger partial charge is 0.416 e. The van der Waals surface area contributed by atoms with Crippen LogP contribution in [0, 0.1) is 5.82 Å². The summed E-state index contributed by atoms with van der Waals surface area (Å²) in [5.74, 6) is -0.860. The van der Waals surface area contributed by atoms with Crippen LogP contribution in [-0.2, 0) is 17.5 Å². The van der Waals surface area contributed by atoms with Gasteiger partial charge in [0.25, 0.3) is 0 Å². The van der Waals surface area contributed by atoms with Crippen LogP contribution in [0.15, 0.2) is 18.2 Å². The van der Waals surface area contributed by atoms with Crippen molar-refractivity contribution in [2.75, 3.05) is 0 Å². The number of alkyl halides is 3. The molecule has 2 aliphatic rings. The van der Waals surface area contributed by atoms with E-state index in [-0.39, 0.29) is 18.3 Å². The molecule has 2 heterocycles. The molecular formula is C15H17F4NO. The van der Waals surface area contributed by atoms with Gasteiger partial charge in [-0.15, -0.1) is 0 Å². The SMILES string of the molecule is Fc1cc(C(F)(F)F)ccc1COC1C[C@H]2CC[C@@H](C1)N2. The highest BCUT2D eigenvalue weighted by Crippen LogP contribution is 2.31. The van der Waals surface area contributed by atoms with Gasteiger partial charge in [0.15, 0.2) is 0 Å². The molecule has 2 aliphatic heterocycles. The van der Waals surface area contributed by atoms with Crippen molar-refractivity contribution in [3.05, 3.63) is 35.1 Å². The van der Waals surface area contributed by atoms with Crippen LogP contribution in [0.4, 0.5) is 17.6 Å². The Morgan fingerprint density at radius 1 is 1.14 bits per heavy atom. The summed E-state index contributed by atoms with van der Waals surface area (Å²) in [4.78, 5) is 0. The van der Waals surface area contributed by atoms with Gasteiger partial charge in [-0.05, 0) is 37.8 Å². The average molecular weight is 303 g/mol. The molecule has 3 atom stereocenters. The van der Waals surface area contributed by atoms with Crippen LogP contribution in [0.5, 0.6) is 0 Å². The highest BCUT2D eigenvalue weighted by Gasteiger charge is 2.34. The van der Waals surface area contributed by atoms with Crippen molar-refractivity contribution in [1.29, 1.82) is 0 Å². The molecule has 1 aromatic rings. The topological polar surface area (TPSA) is 21.3 Å². The fourth-order valence-corrected chi connectivity index (χ4v) is 3.19. The number of nitrogens with one attached hydrogen (secondary N) is 1. The van der Waals surface area contributed by atoms with Crippen molar-refractivity contribution in [1.82, 2.24) is 5.32 Å². The van der Waals surface area contributed by atoms with Crippen molar-refractivity contribution in [2.24, 2.45) is 0 Å². The predicted octanol–water partition coefficient (Wildman–Crippen LogP) is 3.64. The van der Waals surface area contributed by atoms with Gasteiger partial charge in [0.05, 0.1) is 18.3 Å². The molecule has 0 radical (unpaired) electrons. The Labute approximate surface area is 120 Å². The number of ether oxygens (including phenoxy) is 1. The van der Waals surface area contributed by atoms with Crippen molar-refractivity contribution in [3.63, 3.8) is 0 Å². The number of piperidine rings is 1. The Hall–Kier alpha value is -1.14. The molecular weight excluding hydrogens is 286 g/mol.